The van der Waals surface area contributed by atoms with Crippen LogP contribution in [0, 0.1) is 11.7 Å². The van der Waals surface area contributed by atoms with Crippen LogP contribution in [-0.4, -0.2) is 27.4 Å². The second-order valence-electron chi connectivity index (χ2n) is 4.23. The van der Waals surface area contributed by atoms with Gasteiger partial charge in [0.2, 0.25) is 0 Å². The van der Waals surface area contributed by atoms with Crippen LogP contribution in [0.1, 0.15) is 6.42 Å². The normalized spacial score (nSPS) is 20.6. The van der Waals surface area contributed by atoms with Gasteiger partial charge in [-0.15, -0.1) is 0 Å². The zero-order chi connectivity index (χ0) is 12.5. The number of nitrogen functional groups attached to an aromatic ring is 1. The topological polar surface area (TPSA) is 69.4 Å². The third-order valence-corrected chi connectivity index (χ3v) is 4.60. The molecule has 6 heteroatoms. The molecular formula is C11H14FNO3S. The summed E-state index contributed by atoms with van der Waals surface area (Å²) >= 11 is 0. The Morgan fingerprint density at radius 3 is 2.76 bits per heavy atom. The van der Waals surface area contributed by atoms with Crippen LogP contribution in [0.25, 0.3) is 0 Å². The fraction of sp³-hybridized carbons (Fsp3) is 0.455. The van der Waals surface area contributed by atoms with Crippen LogP contribution < -0.4 is 5.73 Å². The Hall–Kier alpha value is -1.14. The molecule has 1 aliphatic rings. The number of rotatable bonds is 3. The Bertz CT molecular complexity index is 489. The van der Waals surface area contributed by atoms with Crippen LogP contribution in [0.2, 0.25) is 0 Å². The predicted molar refractivity (Wildman–Crippen MR) is 61.8 cm³/mol. The SMILES string of the molecule is Nc1cc(F)cc(S(=O)(=O)CC2CCOC2)c1. The zero-order valence-electron chi connectivity index (χ0n) is 9.23. The molecule has 94 valence electrons. The lowest BCUT2D eigenvalue weighted by Crippen LogP contribution is -2.16. The third kappa shape index (κ3) is 2.95. The molecule has 1 aromatic rings. The zero-order valence-corrected chi connectivity index (χ0v) is 10.0. The molecule has 1 aromatic carbocycles. The highest BCUT2D eigenvalue weighted by molar-refractivity contribution is 7.91. The van der Waals surface area contributed by atoms with Crippen molar-refractivity contribution in [2.75, 3.05) is 24.7 Å². The molecule has 1 fully saturated rings. The minimum Gasteiger partial charge on any atom is -0.399 e. The van der Waals surface area contributed by atoms with E-state index in [1.165, 1.54) is 6.07 Å². The Morgan fingerprint density at radius 2 is 2.18 bits per heavy atom. The highest BCUT2D eigenvalue weighted by atomic mass is 32.2. The highest BCUT2D eigenvalue weighted by Crippen LogP contribution is 2.22. The number of anilines is 1. The van der Waals surface area contributed by atoms with Crippen molar-refractivity contribution in [2.24, 2.45) is 5.92 Å². The van der Waals surface area contributed by atoms with Crippen LogP contribution >= 0.6 is 0 Å². The van der Waals surface area contributed by atoms with Crippen molar-refractivity contribution in [1.82, 2.24) is 0 Å². The third-order valence-electron chi connectivity index (χ3n) is 2.73. The first-order valence-corrected chi connectivity index (χ1v) is 6.99. The van der Waals surface area contributed by atoms with E-state index >= 15 is 0 Å². The van der Waals surface area contributed by atoms with Gasteiger partial charge in [-0.1, -0.05) is 0 Å². The van der Waals surface area contributed by atoms with Gasteiger partial charge in [-0.3, -0.25) is 0 Å². The smallest absolute Gasteiger partial charge is 0.178 e. The van der Waals surface area contributed by atoms with E-state index in [1.54, 1.807) is 0 Å². The Kier molecular flexibility index (Phi) is 3.35. The van der Waals surface area contributed by atoms with Gasteiger partial charge < -0.3 is 10.5 Å². The van der Waals surface area contributed by atoms with Crippen molar-refractivity contribution in [3.8, 4) is 0 Å². The Labute approximate surface area is 99.5 Å². The molecule has 1 unspecified atom stereocenters. The van der Waals surface area contributed by atoms with Crippen LogP contribution in [0.3, 0.4) is 0 Å². The lowest BCUT2D eigenvalue weighted by atomic mass is 10.2. The van der Waals surface area contributed by atoms with Crippen molar-refractivity contribution in [2.45, 2.75) is 11.3 Å². The summed E-state index contributed by atoms with van der Waals surface area (Å²) in [6.07, 6.45) is 0.726. The van der Waals surface area contributed by atoms with E-state index in [0.29, 0.717) is 13.2 Å². The standard InChI is InChI=1S/C11H14FNO3S/c12-9-3-10(13)5-11(4-9)17(14,15)7-8-1-2-16-6-8/h3-5,8H,1-2,6-7,13H2. The molecule has 2 N–H and O–H groups in total. The number of nitrogens with two attached hydrogens (primary N) is 1. The molecule has 4 nitrogen and oxygen atoms in total. The lowest BCUT2D eigenvalue weighted by Gasteiger charge is -2.09. The second kappa shape index (κ2) is 4.62. The van der Waals surface area contributed by atoms with E-state index in [9.17, 15) is 12.8 Å². The minimum absolute atomic E-state index is 0.00973. The molecule has 0 spiro atoms. The molecule has 0 saturated carbocycles. The van der Waals surface area contributed by atoms with Crippen molar-refractivity contribution < 1.29 is 17.5 Å². The molecule has 17 heavy (non-hydrogen) atoms. The monoisotopic (exact) mass is 259 g/mol. The quantitative estimate of drug-likeness (QED) is 0.829. The number of hydrogen-bond donors (Lipinski definition) is 1. The van der Waals surface area contributed by atoms with Gasteiger partial charge in [0.05, 0.1) is 17.3 Å². The molecule has 1 atom stereocenters. The maximum Gasteiger partial charge on any atom is 0.178 e. The summed E-state index contributed by atoms with van der Waals surface area (Å²) in [6, 6.07) is 3.38. The van der Waals surface area contributed by atoms with E-state index in [4.69, 9.17) is 10.5 Å². The van der Waals surface area contributed by atoms with Gasteiger partial charge in [-0.05, 0) is 30.5 Å². The van der Waals surface area contributed by atoms with Crippen molar-refractivity contribution in [3.63, 3.8) is 0 Å². The molecule has 1 heterocycles. The second-order valence-corrected chi connectivity index (χ2v) is 6.27. The van der Waals surface area contributed by atoms with E-state index in [-0.39, 0.29) is 22.3 Å². The molecule has 0 radical (unpaired) electrons. The number of sulfone groups is 1. The van der Waals surface area contributed by atoms with E-state index < -0.39 is 15.7 Å². The summed E-state index contributed by atoms with van der Waals surface area (Å²) in [4.78, 5) is -0.0538. The molecule has 1 aliphatic heterocycles. The fourth-order valence-corrected chi connectivity index (χ4v) is 3.57. The van der Waals surface area contributed by atoms with E-state index in [0.717, 1.165) is 18.6 Å². The molecule has 0 amide bonds. The van der Waals surface area contributed by atoms with Gasteiger partial charge in [-0.25, -0.2) is 12.8 Å². The average molecular weight is 259 g/mol. The van der Waals surface area contributed by atoms with Crippen LogP contribution in [-0.2, 0) is 14.6 Å². The number of hydrogen-bond acceptors (Lipinski definition) is 4. The lowest BCUT2D eigenvalue weighted by molar-refractivity contribution is 0.188. The first kappa shape index (κ1) is 12.3. The predicted octanol–water partition coefficient (Wildman–Crippen LogP) is 1.22. The summed E-state index contributed by atoms with van der Waals surface area (Å²) < 4.78 is 42.3. The van der Waals surface area contributed by atoms with E-state index in [1.807, 2.05) is 0 Å². The van der Waals surface area contributed by atoms with Crippen LogP contribution in [0.5, 0.6) is 0 Å². The average Bonchev–Trinajstić information content (AvgIpc) is 2.68. The van der Waals surface area contributed by atoms with Crippen LogP contribution in [0.15, 0.2) is 23.1 Å². The fourth-order valence-electron chi connectivity index (χ4n) is 1.89. The summed E-state index contributed by atoms with van der Waals surface area (Å²) in [5.41, 5.74) is 5.55. The maximum atomic E-state index is 13.1. The van der Waals surface area contributed by atoms with Crippen molar-refractivity contribution in [3.05, 3.63) is 24.0 Å². The number of ether oxygens (including phenoxy) is 1. The minimum atomic E-state index is -3.49. The number of halogens is 1. The van der Waals surface area contributed by atoms with E-state index in [2.05, 4.69) is 0 Å². The van der Waals surface area contributed by atoms with Gasteiger partial charge in [0, 0.05) is 12.3 Å². The summed E-state index contributed by atoms with van der Waals surface area (Å²) in [5.74, 6) is -0.661. The number of benzene rings is 1. The molecular weight excluding hydrogens is 245 g/mol. The highest BCUT2D eigenvalue weighted by Gasteiger charge is 2.25. The largest absolute Gasteiger partial charge is 0.399 e. The molecule has 2 rings (SSSR count). The molecule has 0 aliphatic carbocycles. The summed E-state index contributed by atoms with van der Waals surface area (Å²) in [7, 11) is -3.49. The van der Waals surface area contributed by atoms with Gasteiger partial charge in [0.1, 0.15) is 5.82 Å². The van der Waals surface area contributed by atoms with Gasteiger partial charge in [0.15, 0.2) is 9.84 Å². The van der Waals surface area contributed by atoms with Gasteiger partial charge in [0.25, 0.3) is 0 Å². The molecule has 0 aromatic heterocycles. The van der Waals surface area contributed by atoms with Gasteiger partial charge >= 0.3 is 0 Å². The maximum absolute atomic E-state index is 13.1. The molecule has 1 saturated heterocycles. The summed E-state index contributed by atoms with van der Waals surface area (Å²) in [5, 5.41) is 0. The summed E-state index contributed by atoms with van der Waals surface area (Å²) in [6.45, 7) is 1.04. The van der Waals surface area contributed by atoms with Gasteiger partial charge in [-0.2, -0.15) is 0 Å². The molecule has 0 bridgehead atoms. The van der Waals surface area contributed by atoms with Crippen LogP contribution in [0.4, 0.5) is 10.1 Å². The Balaban J connectivity index is 2.24. The Morgan fingerprint density at radius 1 is 1.41 bits per heavy atom. The van der Waals surface area contributed by atoms with Crippen molar-refractivity contribution >= 4 is 15.5 Å². The first-order chi connectivity index (χ1) is 7.97. The first-order valence-electron chi connectivity index (χ1n) is 5.34. The van der Waals surface area contributed by atoms with Crippen molar-refractivity contribution in [1.29, 1.82) is 0 Å².